The number of hydrogen-bond donors (Lipinski definition) is 3. The number of benzene rings is 1. The van der Waals surface area contributed by atoms with Crippen molar-refractivity contribution in [3.05, 3.63) is 59.9 Å². The Morgan fingerprint density at radius 2 is 2.00 bits per heavy atom. The van der Waals surface area contributed by atoms with Crippen molar-refractivity contribution in [2.45, 2.75) is 19.4 Å². The first kappa shape index (κ1) is 15.0. The van der Waals surface area contributed by atoms with Crippen molar-refractivity contribution in [3.63, 3.8) is 0 Å². The molecular formula is C16H19N3O2. The number of carbonyl (C=O) groups excluding carboxylic acids is 1. The number of aryl methyl sites for hydroxylation is 1. The summed E-state index contributed by atoms with van der Waals surface area (Å²) in [5, 5.41) is 14.8. The largest absolute Gasteiger partial charge is 0.394 e. The number of hydrogen-bond acceptors (Lipinski definition) is 3. The van der Waals surface area contributed by atoms with Crippen LogP contribution in [0.1, 0.15) is 11.3 Å². The molecule has 0 saturated carbocycles. The van der Waals surface area contributed by atoms with Gasteiger partial charge in [-0.15, -0.1) is 0 Å². The molecule has 0 aliphatic carbocycles. The van der Waals surface area contributed by atoms with Crippen molar-refractivity contribution in [3.8, 4) is 0 Å². The van der Waals surface area contributed by atoms with E-state index in [1.54, 1.807) is 12.3 Å². The summed E-state index contributed by atoms with van der Waals surface area (Å²) in [5.74, 6) is 0. The number of aliphatic hydroxyl groups is 1. The van der Waals surface area contributed by atoms with Crippen LogP contribution in [-0.2, 0) is 6.42 Å². The first-order valence-electron chi connectivity index (χ1n) is 6.82. The molecule has 5 heteroatoms. The fourth-order valence-corrected chi connectivity index (χ4v) is 1.95. The number of pyridine rings is 1. The standard InChI is InChI=1S/C16H19N3O2/c1-12-7-8-14(10-17-12)18-16(21)19-15(11-20)9-13-5-3-2-4-6-13/h2-8,10,15,20H,9,11H2,1H3,(H2,18,19,21)/t15-/m1/s1. The fraction of sp³-hybridized carbons (Fsp3) is 0.250. The molecule has 0 fully saturated rings. The van der Waals surface area contributed by atoms with Crippen LogP contribution in [0.15, 0.2) is 48.7 Å². The normalized spacial score (nSPS) is 11.7. The average Bonchev–Trinajstić information content (AvgIpc) is 2.50. The number of aliphatic hydroxyl groups excluding tert-OH is 1. The van der Waals surface area contributed by atoms with Crippen molar-refractivity contribution < 1.29 is 9.90 Å². The molecule has 0 aliphatic rings. The number of nitrogens with one attached hydrogen (secondary N) is 2. The number of rotatable bonds is 5. The molecule has 0 saturated heterocycles. The number of urea groups is 1. The summed E-state index contributed by atoms with van der Waals surface area (Å²) in [7, 11) is 0. The second kappa shape index (κ2) is 7.40. The smallest absolute Gasteiger partial charge is 0.319 e. The molecule has 2 rings (SSSR count). The van der Waals surface area contributed by atoms with E-state index in [-0.39, 0.29) is 18.7 Å². The van der Waals surface area contributed by atoms with E-state index in [0.717, 1.165) is 11.3 Å². The van der Waals surface area contributed by atoms with Crippen LogP contribution in [0.25, 0.3) is 0 Å². The molecule has 2 aromatic rings. The maximum atomic E-state index is 11.9. The minimum absolute atomic E-state index is 0.117. The van der Waals surface area contributed by atoms with E-state index in [0.29, 0.717) is 12.1 Å². The van der Waals surface area contributed by atoms with Crippen LogP contribution in [0.4, 0.5) is 10.5 Å². The van der Waals surface area contributed by atoms with Gasteiger partial charge in [0.05, 0.1) is 24.5 Å². The molecular weight excluding hydrogens is 266 g/mol. The van der Waals surface area contributed by atoms with Crippen LogP contribution in [0.5, 0.6) is 0 Å². The highest BCUT2D eigenvalue weighted by atomic mass is 16.3. The van der Waals surface area contributed by atoms with Crippen molar-refractivity contribution in [1.29, 1.82) is 0 Å². The Balaban J connectivity index is 1.89. The van der Waals surface area contributed by atoms with Gasteiger partial charge in [-0.3, -0.25) is 4.98 Å². The van der Waals surface area contributed by atoms with Crippen molar-refractivity contribution >= 4 is 11.7 Å². The van der Waals surface area contributed by atoms with E-state index in [1.807, 2.05) is 43.3 Å². The highest BCUT2D eigenvalue weighted by Gasteiger charge is 2.12. The second-order valence-electron chi connectivity index (χ2n) is 4.86. The maximum Gasteiger partial charge on any atom is 0.319 e. The highest BCUT2D eigenvalue weighted by Crippen LogP contribution is 2.06. The maximum absolute atomic E-state index is 11.9. The molecule has 0 bridgehead atoms. The lowest BCUT2D eigenvalue weighted by Crippen LogP contribution is -2.41. The number of aromatic nitrogens is 1. The topological polar surface area (TPSA) is 74.2 Å². The molecule has 1 heterocycles. The van der Waals surface area contributed by atoms with Gasteiger partial charge in [-0.2, -0.15) is 0 Å². The van der Waals surface area contributed by atoms with Crippen LogP contribution in [0.2, 0.25) is 0 Å². The van der Waals surface area contributed by atoms with Gasteiger partial charge >= 0.3 is 6.03 Å². The average molecular weight is 285 g/mol. The van der Waals surface area contributed by atoms with Gasteiger partial charge in [-0.25, -0.2) is 4.79 Å². The summed E-state index contributed by atoms with van der Waals surface area (Å²) in [6.45, 7) is 1.76. The molecule has 1 aromatic heterocycles. The van der Waals surface area contributed by atoms with E-state index < -0.39 is 0 Å². The Bertz CT molecular complexity index is 570. The third kappa shape index (κ3) is 4.89. The van der Waals surface area contributed by atoms with Crippen LogP contribution in [-0.4, -0.2) is 28.8 Å². The number of nitrogens with zero attached hydrogens (tertiary/aromatic N) is 1. The zero-order chi connectivity index (χ0) is 15.1. The predicted molar refractivity (Wildman–Crippen MR) is 82.1 cm³/mol. The van der Waals surface area contributed by atoms with Crippen molar-refractivity contribution in [1.82, 2.24) is 10.3 Å². The SMILES string of the molecule is Cc1ccc(NC(=O)N[C@@H](CO)Cc2ccccc2)cn1. The monoisotopic (exact) mass is 285 g/mol. The van der Waals surface area contributed by atoms with E-state index >= 15 is 0 Å². The first-order chi connectivity index (χ1) is 10.2. The van der Waals surface area contributed by atoms with Crippen LogP contribution < -0.4 is 10.6 Å². The molecule has 110 valence electrons. The third-order valence-corrected chi connectivity index (χ3v) is 3.05. The Morgan fingerprint density at radius 3 is 2.62 bits per heavy atom. The number of anilines is 1. The Hall–Kier alpha value is -2.40. The third-order valence-electron chi connectivity index (χ3n) is 3.05. The molecule has 5 nitrogen and oxygen atoms in total. The lowest BCUT2D eigenvalue weighted by atomic mass is 10.1. The lowest BCUT2D eigenvalue weighted by Gasteiger charge is -2.17. The lowest BCUT2D eigenvalue weighted by molar-refractivity contribution is 0.224. The minimum Gasteiger partial charge on any atom is -0.394 e. The summed E-state index contributed by atoms with van der Waals surface area (Å²) < 4.78 is 0. The number of carbonyl (C=O) groups is 1. The van der Waals surface area contributed by atoms with Gasteiger partial charge < -0.3 is 15.7 Å². The molecule has 1 aromatic carbocycles. The highest BCUT2D eigenvalue weighted by molar-refractivity contribution is 5.89. The Kier molecular flexibility index (Phi) is 5.29. The quantitative estimate of drug-likeness (QED) is 0.787. The summed E-state index contributed by atoms with van der Waals surface area (Å²) in [6, 6.07) is 12.7. The zero-order valence-electron chi connectivity index (χ0n) is 11.9. The van der Waals surface area contributed by atoms with E-state index in [2.05, 4.69) is 15.6 Å². The zero-order valence-corrected chi connectivity index (χ0v) is 11.9. The molecule has 1 atom stereocenters. The van der Waals surface area contributed by atoms with Gasteiger partial charge in [-0.05, 0) is 31.0 Å². The van der Waals surface area contributed by atoms with Gasteiger partial charge in [0.1, 0.15) is 0 Å². The van der Waals surface area contributed by atoms with Crippen molar-refractivity contribution in [2.24, 2.45) is 0 Å². The summed E-state index contributed by atoms with van der Waals surface area (Å²) in [4.78, 5) is 16.0. The van der Waals surface area contributed by atoms with Gasteiger partial charge in [0.15, 0.2) is 0 Å². The second-order valence-corrected chi connectivity index (χ2v) is 4.86. The van der Waals surface area contributed by atoms with Crippen LogP contribution in [0.3, 0.4) is 0 Å². The molecule has 0 aliphatic heterocycles. The van der Waals surface area contributed by atoms with E-state index in [1.165, 1.54) is 0 Å². The molecule has 21 heavy (non-hydrogen) atoms. The molecule has 0 spiro atoms. The predicted octanol–water partition coefficient (Wildman–Crippen LogP) is 2.12. The minimum atomic E-state index is -0.351. The summed E-state index contributed by atoms with van der Waals surface area (Å²) in [6.07, 6.45) is 2.18. The Morgan fingerprint density at radius 1 is 1.24 bits per heavy atom. The molecule has 3 N–H and O–H groups in total. The molecule has 0 radical (unpaired) electrons. The van der Waals surface area contributed by atoms with Gasteiger partial charge in [0.2, 0.25) is 0 Å². The summed E-state index contributed by atoms with van der Waals surface area (Å²) in [5.41, 5.74) is 2.57. The van der Waals surface area contributed by atoms with Crippen LogP contribution >= 0.6 is 0 Å². The van der Waals surface area contributed by atoms with Crippen LogP contribution in [0, 0.1) is 6.92 Å². The van der Waals surface area contributed by atoms with Gasteiger partial charge in [0, 0.05) is 5.69 Å². The van der Waals surface area contributed by atoms with E-state index in [4.69, 9.17) is 0 Å². The summed E-state index contributed by atoms with van der Waals surface area (Å²) >= 11 is 0. The van der Waals surface area contributed by atoms with Gasteiger partial charge in [-0.1, -0.05) is 30.3 Å². The van der Waals surface area contributed by atoms with Crippen molar-refractivity contribution in [2.75, 3.05) is 11.9 Å². The Labute approximate surface area is 124 Å². The fourth-order valence-electron chi connectivity index (χ4n) is 1.95. The molecule has 0 unspecified atom stereocenters. The van der Waals surface area contributed by atoms with E-state index in [9.17, 15) is 9.90 Å². The van der Waals surface area contributed by atoms with Gasteiger partial charge in [0.25, 0.3) is 0 Å². The number of amides is 2. The molecule has 2 amide bonds. The first-order valence-corrected chi connectivity index (χ1v) is 6.82.